The molecular formula is C10H15FN4O2. The van der Waals surface area contributed by atoms with E-state index >= 15 is 0 Å². The Hall–Kier alpha value is -1.63. The Morgan fingerprint density at radius 1 is 1.47 bits per heavy atom. The summed E-state index contributed by atoms with van der Waals surface area (Å²) >= 11 is 0. The maximum absolute atomic E-state index is 12.6. The molecule has 6 nitrogen and oxygen atoms in total. The lowest BCUT2D eigenvalue weighted by Gasteiger charge is -2.34. The minimum atomic E-state index is -0.749. The molecule has 0 radical (unpaired) electrons. The zero-order valence-corrected chi connectivity index (χ0v) is 9.60. The van der Waals surface area contributed by atoms with Gasteiger partial charge >= 0.3 is 5.69 Å². The first-order chi connectivity index (χ1) is 7.99. The molecule has 7 heteroatoms. The smallest absolute Gasteiger partial charge is 0.332 e. The molecule has 2 heterocycles. The van der Waals surface area contributed by atoms with Gasteiger partial charge in [0.05, 0.1) is 0 Å². The molecule has 1 aliphatic rings. The number of aromatic nitrogens is 2. The van der Waals surface area contributed by atoms with E-state index in [4.69, 9.17) is 5.84 Å². The lowest BCUT2D eigenvalue weighted by Crippen LogP contribution is -2.50. The summed E-state index contributed by atoms with van der Waals surface area (Å²) in [5.41, 5.74) is -0.561. The number of halogens is 1. The summed E-state index contributed by atoms with van der Waals surface area (Å²) in [4.78, 5) is 24.9. The molecule has 1 fully saturated rings. The number of nitrogens with two attached hydrogens (primary N) is 1. The van der Waals surface area contributed by atoms with Crippen molar-refractivity contribution in [1.29, 1.82) is 0 Å². The van der Waals surface area contributed by atoms with Crippen LogP contribution in [0, 0.1) is 0 Å². The highest BCUT2D eigenvalue weighted by Crippen LogP contribution is 2.10. The Balaban J connectivity index is 2.11. The van der Waals surface area contributed by atoms with Gasteiger partial charge in [-0.3, -0.25) is 9.69 Å². The van der Waals surface area contributed by atoms with Crippen molar-refractivity contribution in [2.75, 3.05) is 25.5 Å². The van der Waals surface area contributed by atoms with Crippen LogP contribution in [0.1, 0.15) is 5.56 Å². The third-order valence-corrected chi connectivity index (χ3v) is 2.96. The summed E-state index contributed by atoms with van der Waals surface area (Å²) in [7, 11) is 1.54. The van der Waals surface area contributed by atoms with Crippen molar-refractivity contribution in [3.8, 4) is 0 Å². The number of hydrogen-bond acceptors (Lipinski definition) is 4. The molecule has 0 aromatic carbocycles. The van der Waals surface area contributed by atoms with Gasteiger partial charge in [-0.15, -0.1) is 0 Å². The lowest BCUT2D eigenvalue weighted by molar-refractivity contribution is 0.0669. The lowest BCUT2D eigenvalue weighted by atomic mass is 10.1. The van der Waals surface area contributed by atoms with E-state index in [0.717, 1.165) is 0 Å². The van der Waals surface area contributed by atoms with Crippen LogP contribution in [0.15, 0.2) is 15.8 Å². The van der Waals surface area contributed by atoms with Gasteiger partial charge < -0.3 is 10.4 Å². The number of nitrogen functional groups attached to an aromatic ring is 1. The molecular weight excluding hydrogens is 227 g/mol. The van der Waals surface area contributed by atoms with Crippen LogP contribution in [0.25, 0.3) is 0 Å². The van der Waals surface area contributed by atoms with Crippen molar-refractivity contribution in [2.24, 2.45) is 7.05 Å². The Morgan fingerprint density at radius 2 is 2.12 bits per heavy atom. The molecule has 1 aromatic heterocycles. The van der Waals surface area contributed by atoms with E-state index in [1.54, 1.807) is 0 Å². The van der Waals surface area contributed by atoms with Crippen LogP contribution in [0.3, 0.4) is 0 Å². The molecule has 0 atom stereocenters. The summed E-state index contributed by atoms with van der Waals surface area (Å²) < 4.78 is 14.4. The van der Waals surface area contributed by atoms with E-state index in [1.807, 2.05) is 4.90 Å². The monoisotopic (exact) mass is 242 g/mol. The summed E-state index contributed by atoms with van der Waals surface area (Å²) in [5.74, 6) is 5.36. The highest BCUT2D eigenvalue weighted by atomic mass is 19.1. The van der Waals surface area contributed by atoms with E-state index in [2.05, 4.69) is 0 Å². The van der Waals surface area contributed by atoms with Gasteiger partial charge in [0.15, 0.2) is 0 Å². The maximum atomic E-state index is 12.6. The molecule has 1 aromatic rings. The standard InChI is InChI=1S/C10H15FN4O2/c1-13-4-7(9(16)15(12)10(13)17)2-3-14-5-8(11)6-14/h4,8H,2-3,5-6,12H2,1H3. The number of nitrogens with zero attached hydrogens (tertiary/aromatic N) is 3. The Bertz CT molecular complexity index is 530. The average molecular weight is 242 g/mol. The normalized spacial score (nSPS) is 17.1. The van der Waals surface area contributed by atoms with Gasteiger partial charge in [0.25, 0.3) is 5.56 Å². The van der Waals surface area contributed by atoms with Gasteiger partial charge in [0, 0.05) is 38.4 Å². The highest BCUT2D eigenvalue weighted by Gasteiger charge is 2.25. The zero-order chi connectivity index (χ0) is 12.6. The van der Waals surface area contributed by atoms with Gasteiger partial charge in [-0.1, -0.05) is 0 Å². The zero-order valence-electron chi connectivity index (χ0n) is 9.60. The van der Waals surface area contributed by atoms with Gasteiger partial charge in [0.1, 0.15) is 6.17 Å². The van der Waals surface area contributed by atoms with Gasteiger partial charge in [-0.05, 0) is 6.42 Å². The van der Waals surface area contributed by atoms with Crippen molar-refractivity contribution in [2.45, 2.75) is 12.6 Å². The van der Waals surface area contributed by atoms with Crippen LogP contribution in [-0.4, -0.2) is 39.9 Å². The molecule has 1 saturated heterocycles. The Kier molecular flexibility index (Phi) is 3.01. The number of alkyl halides is 1. The fraction of sp³-hybridized carbons (Fsp3) is 0.600. The molecule has 0 unspecified atom stereocenters. The van der Waals surface area contributed by atoms with Crippen LogP contribution >= 0.6 is 0 Å². The van der Waals surface area contributed by atoms with Gasteiger partial charge in [-0.25, -0.2) is 9.18 Å². The summed E-state index contributed by atoms with van der Waals surface area (Å²) in [6.07, 6.45) is 1.21. The van der Waals surface area contributed by atoms with Crippen molar-refractivity contribution < 1.29 is 4.39 Å². The van der Waals surface area contributed by atoms with Gasteiger partial charge in [-0.2, -0.15) is 4.68 Å². The maximum Gasteiger partial charge on any atom is 0.349 e. The molecule has 2 N–H and O–H groups in total. The first-order valence-corrected chi connectivity index (χ1v) is 5.42. The fourth-order valence-corrected chi connectivity index (χ4v) is 1.90. The van der Waals surface area contributed by atoms with Crippen LogP contribution in [-0.2, 0) is 13.5 Å². The first kappa shape index (κ1) is 11.8. The summed E-state index contributed by atoms with van der Waals surface area (Å²) in [5, 5.41) is 0. The fourth-order valence-electron chi connectivity index (χ4n) is 1.90. The Labute approximate surface area is 97.0 Å². The predicted molar refractivity (Wildman–Crippen MR) is 61.1 cm³/mol. The van der Waals surface area contributed by atoms with E-state index in [0.29, 0.717) is 36.3 Å². The molecule has 2 rings (SSSR count). The van der Waals surface area contributed by atoms with E-state index < -0.39 is 17.4 Å². The number of likely N-dealkylation sites (tertiary alicyclic amines) is 1. The molecule has 0 bridgehead atoms. The molecule has 0 aliphatic carbocycles. The van der Waals surface area contributed by atoms with Crippen molar-refractivity contribution in [3.05, 3.63) is 32.6 Å². The minimum absolute atomic E-state index is 0.419. The van der Waals surface area contributed by atoms with E-state index in [-0.39, 0.29) is 0 Å². The topological polar surface area (TPSA) is 73.3 Å². The average Bonchev–Trinajstić information content (AvgIpc) is 2.26. The van der Waals surface area contributed by atoms with Crippen molar-refractivity contribution >= 4 is 0 Å². The van der Waals surface area contributed by atoms with Crippen molar-refractivity contribution in [1.82, 2.24) is 14.1 Å². The van der Waals surface area contributed by atoms with E-state index in [1.165, 1.54) is 17.8 Å². The number of hydrogen-bond donors (Lipinski definition) is 1. The van der Waals surface area contributed by atoms with Crippen LogP contribution in [0.4, 0.5) is 4.39 Å². The molecule has 0 saturated carbocycles. The van der Waals surface area contributed by atoms with Crippen LogP contribution in [0.2, 0.25) is 0 Å². The molecule has 0 spiro atoms. The molecule has 0 amide bonds. The largest absolute Gasteiger partial charge is 0.349 e. The minimum Gasteiger partial charge on any atom is -0.332 e. The molecule has 94 valence electrons. The SMILES string of the molecule is Cn1cc(CCN2CC(F)C2)c(=O)n(N)c1=O. The first-order valence-electron chi connectivity index (χ1n) is 5.42. The second-order valence-electron chi connectivity index (χ2n) is 4.33. The quantitative estimate of drug-likeness (QED) is 0.652. The van der Waals surface area contributed by atoms with Crippen molar-refractivity contribution in [3.63, 3.8) is 0 Å². The third-order valence-electron chi connectivity index (χ3n) is 2.96. The molecule has 1 aliphatic heterocycles. The van der Waals surface area contributed by atoms with Crippen LogP contribution in [0.5, 0.6) is 0 Å². The summed E-state index contributed by atoms with van der Waals surface area (Å²) in [6.45, 7) is 1.44. The van der Waals surface area contributed by atoms with Gasteiger partial charge in [0.2, 0.25) is 0 Å². The molecule has 17 heavy (non-hydrogen) atoms. The second kappa shape index (κ2) is 4.33. The third kappa shape index (κ3) is 2.23. The van der Waals surface area contributed by atoms with Crippen LogP contribution < -0.4 is 17.1 Å². The summed E-state index contributed by atoms with van der Waals surface area (Å²) in [6, 6.07) is 0. The predicted octanol–water partition coefficient (Wildman–Crippen LogP) is -1.54. The Morgan fingerprint density at radius 3 is 2.71 bits per heavy atom. The number of rotatable bonds is 3. The van der Waals surface area contributed by atoms with E-state index in [9.17, 15) is 14.0 Å². The highest BCUT2D eigenvalue weighted by molar-refractivity contribution is 5.06. The second-order valence-corrected chi connectivity index (χ2v) is 4.33. The number of aryl methyl sites for hydroxylation is 1.